The molecule has 1 amide bonds. The van der Waals surface area contributed by atoms with Crippen LogP contribution in [0.1, 0.15) is 48.9 Å². The lowest BCUT2D eigenvalue weighted by molar-refractivity contribution is -0.297. The molecule has 1 aliphatic heterocycles. The minimum Gasteiger partial charge on any atom is -0.362 e. The Morgan fingerprint density at radius 3 is 2.48 bits per heavy atom. The molecule has 25 heavy (non-hydrogen) atoms. The summed E-state index contributed by atoms with van der Waals surface area (Å²) in [6, 6.07) is 5.78. The summed E-state index contributed by atoms with van der Waals surface area (Å²) in [5, 5.41) is 14.4. The molecule has 1 fully saturated rings. The fourth-order valence-corrected chi connectivity index (χ4v) is 3.63. The number of nitrogens with zero attached hydrogens (tertiary/aromatic N) is 2. The van der Waals surface area contributed by atoms with Crippen LogP contribution in [0.25, 0.3) is 0 Å². The van der Waals surface area contributed by atoms with Crippen molar-refractivity contribution in [1.29, 1.82) is 0 Å². The highest BCUT2D eigenvalue weighted by Crippen LogP contribution is 2.44. The molecule has 1 aromatic rings. The van der Waals surface area contributed by atoms with Gasteiger partial charge in [-0.1, -0.05) is 43.0 Å². The maximum absolute atomic E-state index is 13.6. The Hall–Kier alpha value is -1.60. The molecule has 0 radical (unpaired) electrons. The van der Waals surface area contributed by atoms with Crippen LogP contribution in [0.4, 0.5) is 13.2 Å². The molecule has 1 atom stereocenters. The van der Waals surface area contributed by atoms with Crippen LogP contribution in [0.3, 0.4) is 0 Å². The molecule has 1 N–H and O–H groups in total. The summed E-state index contributed by atoms with van der Waals surface area (Å²) < 4.78 is 40.7. The van der Waals surface area contributed by atoms with Gasteiger partial charge in [-0.15, -0.1) is 0 Å². The van der Waals surface area contributed by atoms with Crippen molar-refractivity contribution < 1.29 is 23.1 Å². The lowest BCUT2D eigenvalue weighted by Crippen LogP contribution is -2.56. The summed E-state index contributed by atoms with van der Waals surface area (Å²) in [5.41, 5.74) is -3.23. The zero-order chi connectivity index (χ0) is 18.2. The molecule has 136 valence electrons. The maximum atomic E-state index is 13.6. The number of halogens is 4. The fraction of sp³-hybridized carbons (Fsp3) is 0.529. The van der Waals surface area contributed by atoms with Crippen molar-refractivity contribution >= 4 is 23.2 Å². The Labute approximate surface area is 148 Å². The van der Waals surface area contributed by atoms with Crippen molar-refractivity contribution in [3.63, 3.8) is 0 Å². The molecule has 0 bridgehead atoms. The Bertz CT molecular complexity index is 701. The number of hydrazone groups is 1. The van der Waals surface area contributed by atoms with E-state index in [0.29, 0.717) is 0 Å². The molecular formula is C17H18ClF3N2O2. The van der Waals surface area contributed by atoms with Gasteiger partial charge in [0.2, 0.25) is 0 Å². The van der Waals surface area contributed by atoms with Gasteiger partial charge in [-0.05, 0) is 30.9 Å². The number of rotatable bonds is 2. The van der Waals surface area contributed by atoms with E-state index >= 15 is 0 Å². The first kappa shape index (κ1) is 18.2. The van der Waals surface area contributed by atoms with Crippen LogP contribution in [0.15, 0.2) is 29.4 Å². The standard InChI is InChI=1S/C17H18ClF3N2O2/c18-13-9-5-4-8-12(13)15(24)23-16(25,17(19,20)21)10-14(22-23)11-6-2-1-3-7-11/h4-5,8-9,11,25H,1-3,6-7,10H2/t16-/m0/s1. The molecule has 0 unspecified atom stereocenters. The summed E-state index contributed by atoms with van der Waals surface area (Å²) >= 11 is 5.93. The highest BCUT2D eigenvalue weighted by atomic mass is 35.5. The molecule has 0 saturated heterocycles. The minimum absolute atomic E-state index is 0.0124. The SMILES string of the molecule is O=C(c1ccccc1Cl)N1N=C(C2CCCCC2)C[C@]1(O)C(F)(F)F. The predicted octanol–water partition coefficient (Wildman–Crippen LogP) is 4.37. The first-order valence-corrected chi connectivity index (χ1v) is 8.57. The number of carbonyl (C=O) groups is 1. The van der Waals surface area contributed by atoms with Crippen molar-refractivity contribution in [3.8, 4) is 0 Å². The Morgan fingerprint density at radius 2 is 1.88 bits per heavy atom. The van der Waals surface area contributed by atoms with E-state index in [1.54, 1.807) is 6.07 Å². The van der Waals surface area contributed by atoms with E-state index in [1.165, 1.54) is 18.2 Å². The van der Waals surface area contributed by atoms with Crippen molar-refractivity contribution in [1.82, 2.24) is 5.01 Å². The highest BCUT2D eigenvalue weighted by molar-refractivity contribution is 6.33. The molecule has 1 saturated carbocycles. The normalized spacial score (nSPS) is 25.2. The Morgan fingerprint density at radius 1 is 1.24 bits per heavy atom. The number of carbonyl (C=O) groups excluding carboxylic acids is 1. The number of alkyl halides is 3. The zero-order valence-electron chi connectivity index (χ0n) is 13.4. The van der Waals surface area contributed by atoms with E-state index in [4.69, 9.17) is 11.6 Å². The second kappa shape index (κ2) is 6.61. The van der Waals surface area contributed by atoms with Crippen LogP contribution < -0.4 is 0 Å². The van der Waals surface area contributed by atoms with Crippen LogP contribution in [0, 0.1) is 5.92 Å². The van der Waals surface area contributed by atoms with Gasteiger partial charge in [0.05, 0.1) is 10.6 Å². The van der Waals surface area contributed by atoms with Gasteiger partial charge in [0, 0.05) is 12.1 Å². The van der Waals surface area contributed by atoms with Crippen molar-refractivity contribution in [2.24, 2.45) is 11.0 Å². The van der Waals surface area contributed by atoms with E-state index in [9.17, 15) is 23.1 Å². The first-order chi connectivity index (χ1) is 11.7. The Balaban J connectivity index is 1.98. The minimum atomic E-state index is -5.02. The largest absolute Gasteiger partial charge is 0.438 e. The lowest BCUT2D eigenvalue weighted by Gasteiger charge is -2.33. The van der Waals surface area contributed by atoms with Gasteiger partial charge >= 0.3 is 6.18 Å². The molecule has 8 heteroatoms. The van der Waals surface area contributed by atoms with E-state index in [2.05, 4.69) is 5.10 Å². The summed E-state index contributed by atoms with van der Waals surface area (Å²) in [4.78, 5) is 12.6. The number of benzene rings is 1. The van der Waals surface area contributed by atoms with E-state index in [0.717, 1.165) is 32.1 Å². The molecule has 4 nitrogen and oxygen atoms in total. The molecule has 0 aromatic heterocycles. The predicted molar refractivity (Wildman–Crippen MR) is 87.3 cm³/mol. The average molecular weight is 375 g/mol. The van der Waals surface area contributed by atoms with Crippen LogP contribution in [0.5, 0.6) is 0 Å². The second-order valence-electron chi connectivity index (χ2n) is 6.51. The summed E-state index contributed by atoms with van der Waals surface area (Å²) in [7, 11) is 0. The quantitative estimate of drug-likeness (QED) is 0.835. The molecular weight excluding hydrogens is 357 g/mol. The Kier molecular flexibility index (Phi) is 4.81. The van der Waals surface area contributed by atoms with Gasteiger partial charge in [0.25, 0.3) is 11.6 Å². The highest BCUT2D eigenvalue weighted by Gasteiger charge is 2.63. The number of amides is 1. The molecule has 3 rings (SSSR count). The van der Waals surface area contributed by atoms with E-state index in [1.807, 2.05) is 0 Å². The van der Waals surface area contributed by atoms with Crippen LogP contribution in [0.2, 0.25) is 5.02 Å². The molecule has 1 aliphatic carbocycles. The summed E-state index contributed by atoms with van der Waals surface area (Å²) in [6.07, 6.45) is -1.43. The van der Waals surface area contributed by atoms with Gasteiger partial charge in [-0.3, -0.25) is 4.79 Å². The van der Waals surface area contributed by atoms with Gasteiger partial charge < -0.3 is 5.11 Å². The van der Waals surface area contributed by atoms with E-state index < -0.39 is 24.2 Å². The molecule has 2 aliphatic rings. The zero-order valence-corrected chi connectivity index (χ0v) is 14.1. The van der Waals surface area contributed by atoms with Crippen LogP contribution >= 0.6 is 11.6 Å². The molecule has 1 heterocycles. The van der Waals surface area contributed by atoms with Gasteiger partial charge in [-0.2, -0.15) is 23.3 Å². The third-order valence-electron chi connectivity index (χ3n) is 4.83. The van der Waals surface area contributed by atoms with Gasteiger partial charge in [0.15, 0.2) is 0 Å². The lowest BCUT2D eigenvalue weighted by atomic mass is 9.83. The average Bonchev–Trinajstić information content (AvgIpc) is 2.94. The molecule has 0 spiro atoms. The summed E-state index contributed by atoms with van der Waals surface area (Å²) in [5.74, 6) is -1.19. The third-order valence-corrected chi connectivity index (χ3v) is 5.16. The second-order valence-corrected chi connectivity index (χ2v) is 6.92. The van der Waals surface area contributed by atoms with Gasteiger partial charge in [-0.25, -0.2) is 0 Å². The maximum Gasteiger partial charge on any atom is 0.438 e. The monoisotopic (exact) mass is 374 g/mol. The smallest absolute Gasteiger partial charge is 0.362 e. The van der Waals surface area contributed by atoms with Crippen LogP contribution in [-0.2, 0) is 0 Å². The van der Waals surface area contributed by atoms with Gasteiger partial charge in [0.1, 0.15) is 0 Å². The van der Waals surface area contributed by atoms with Crippen LogP contribution in [-0.4, -0.2) is 33.6 Å². The number of aliphatic hydroxyl groups is 1. The number of hydrogen-bond acceptors (Lipinski definition) is 3. The third kappa shape index (κ3) is 3.27. The molecule has 1 aromatic carbocycles. The fourth-order valence-electron chi connectivity index (χ4n) is 3.42. The summed E-state index contributed by atoms with van der Waals surface area (Å²) in [6.45, 7) is 0. The van der Waals surface area contributed by atoms with E-state index in [-0.39, 0.29) is 27.2 Å². The van der Waals surface area contributed by atoms with Crippen molar-refractivity contribution in [3.05, 3.63) is 34.9 Å². The van der Waals surface area contributed by atoms with Crippen molar-refractivity contribution in [2.45, 2.75) is 50.4 Å². The number of hydrogen-bond donors (Lipinski definition) is 1. The topological polar surface area (TPSA) is 52.9 Å². The first-order valence-electron chi connectivity index (χ1n) is 8.19. The van der Waals surface area contributed by atoms with Crippen molar-refractivity contribution in [2.75, 3.05) is 0 Å².